The highest BCUT2D eigenvalue weighted by atomic mass is 16.5. The Labute approximate surface area is 148 Å². The average Bonchev–Trinajstić information content (AvgIpc) is 3.16. The van der Waals surface area contributed by atoms with Crippen LogP contribution in [0.25, 0.3) is 0 Å². The lowest BCUT2D eigenvalue weighted by Crippen LogP contribution is -2.39. The van der Waals surface area contributed by atoms with Crippen molar-refractivity contribution < 1.29 is 9.32 Å². The van der Waals surface area contributed by atoms with Gasteiger partial charge in [0.05, 0.1) is 17.5 Å². The second-order valence-corrected chi connectivity index (χ2v) is 7.11. The van der Waals surface area contributed by atoms with Gasteiger partial charge in [0.25, 0.3) is 5.91 Å². The van der Waals surface area contributed by atoms with Gasteiger partial charge in [-0.3, -0.25) is 14.4 Å². The molecule has 0 radical (unpaired) electrons. The molecule has 2 aromatic rings. The van der Waals surface area contributed by atoms with E-state index in [2.05, 4.69) is 15.2 Å². The Hall–Kier alpha value is -2.15. The molecule has 3 rings (SSSR count). The second kappa shape index (κ2) is 7.39. The molecule has 136 valence electrons. The van der Waals surface area contributed by atoms with Crippen LogP contribution in [0.3, 0.4) is 0 Å². The number of hydrogen-bond donors (Lipinski definition) is 0. The molecule has 1 fully saturated rings. The van der Waals surface area contributed by atoms with Crippen molar-refractivity contribution in [3.63, 3.8) is 0 Å². The van der Waals surface area contributed by atoms with E-state index in [-0.39, 0.29) is 5.91 Å². The summed E-state index contributed by atoms with van der Waals surface area (Å²) in [5.74, 6) is 1.51. The van der Waals surface area contributed by atoms with Crippen LogP contribution in [-0.4, -0.2) is 57.3 Å². The number of carbonyl (C=O) groups is 1. The van der Waals surface area contributed by atoms with E-state index < -0.39 is 0 Å². The maximum absolute atomic E-state index is 12.4. The summed E-state index contributed by atoms with van der Waals surface area (Å²) < 4.78 is 6.91. The van der Waals surface area contributed by atoms with Crippen LogP contribution in [0.15, 0.2) is 16.9 Å². The molecule has 0 saturated carbocycles. The van der Waals surface area contributed by atoms with E-state index in [1.807, 2.05) is 32.8 Å². The molecule has 1 aliphatic heterocycles. The molecule has 3 heterocycles. The van der Waals surface area contributed by atoms with Gasteiger partial charge in [0.1, 0.15) is 5.76 Å². The van der Waals surface area contributed by atoms with Crippen molar-refractivity contribution in [2.75, 3.05) is 26.7 Å². The predicted octanol–water partition coefficient (Wildman–Crippen LogP) is 2.01. The standard InChI is InChI=1S/C18H27N5O2/c1-13-17(14(2)25-20-13)12-23-7-5-15(6-8-23)10-21(3)18(24)16-9-19-22(4)11-16/h9,11,15H,5-8,10,12H2,1-4H3. The highest BCUT2D eigenvalue weighted by Gasteiger charge is 2.24. The smallest absolute Gasteiger partial charge is 0.256 e. The van der Waals surface area contributed by atoms with Crippen LogP contribution in [0.5, 0.6) is 0 Å². The van der Waals surface area contributed by atoms with Gasteiger partial charge >= 0.3 is 0 Å². The maximum atomic E-state index is 12.4. The van der Waals surface area contributed by atoms with Crippen LogP contribution < -0.4 is 0 Å². The number of carbonyl (C=O) groups excluding carboxylic acids is 1. The number of rotatable bonds is 5. The molecular formula is C18H27N5O2. The fourth-order valence-electron chi connectivity index (χ4n) is 3.50. The van der Waals surface area contributed by atoms with Crippen LogP contribution in [0, 0.1) is 19.8 Å². The van der Waals surface area contributed by atoms with Gasteiger partial charge < -0.3 is 9.42 Å². The molecule has 2 aromatic heterocycles. The lowest BCUT2D eigenvalue weighted by molar-refractivity contribution is 0.0737. The van der Waals surface area contributed by atoms with Crippen LogP contribution >= 0.6 is 0 Å². The predicted molar refractivity (Wildman–Crippen MR) is 94.1 cm³/mol. The van der Waals surface area contributed by atoms with Crippen molar-refractivity contribution in [1.82, 2.24) is 24.7 Å². The Morgan fingerprint density at radius 1 is 1.36 bits per heavy atom. The number of aromatic nitrogens is 3. The highest BCUT2D eigenvalue weighted by molar-refractivity contribution is 5.93. The van der Waals surface area contributed by atoms with Gasteiger partial charge in [-0.2, -0.15) is 5.10 Å². The molecule has 0 bridgehead atoms. The third-order valence-electron chi connectivity index (χ3n) is 5.10. The maximum Gasteiger partial charge on any atom is 0.256 e. The summed E-state index contributed by atoms with van der Waals surface area (Å²) >= 11 is 0. The molecule has 7 heteroatoms. The van der Waals surface area contributed by atoms with Crippen molar-refractivity contribution >= 4 is 5.91 Å². The quantitative estimate of drug-likeness (QED) is 0.829. The molecule has 7 nitrogen and oxygen atoms in total. The summed E-state index contributed by atoms with van der Waals surface area (Å²) in [6.07, 6.45) is 5.61. The monoisotopic (exact) mass is 345 g/mol. The first-order valence-corrected chi connectivity index (χ1v) is 8.82. The molecule has 0 aromatic carbocycles. The Balaban J connectivity index is 1.48. The SMILES string of the molecule is Cc1noc(C)c1CN1CCC(CN(C)C(=O)c2cnn(C)c2)CC1. The molecule has 0 unspecified atom stereocenters. The average molecular weight is 345 g/mol. The van der Waals surface area contributed by atoms with E-state index in [0.29, 0.717) is 11.5 Å². The molecule has 1 amide bonds. The van der Waals surface area contributed by atoms with E-state index in [1.165, 1.54) is 5.56 Å². The first-order valence-electron chi connectivity index (χ1n) is 8.82. The van der Waals surface area contributed by atoms with E-state index in [1.54, 1.807) is 17.1 Å². The second-order valence-electron chi connectivity index (χ2n) is 7.11. The van der Waals surface area contributed by atoms with Crippen LogP contribution in [0.1, 0.15) is 40.2 Å². The van der Waals surface area contributed by atoms with Crippen molar-refractivity contribution in [2.45, 2.75) is 33.2 Å². The zero-order valence-electron chi connectivity index (χ0n) is 15.5. The summed E-state index contributed by atoms with van der Waals surface area (Å²) in [6.45, 7) is 7.76. The van der Waals surface area contributed by atoms with Gasteiger partial charge in [0.15, 0.2) is 0 Å². The molecule has 1 saturated heterocycles. The molecule has 1 aliphatic rings. The summed E-state index contributed by atoms with van der Waals surface area (Å²) in [5.41, 5.74) is 2.85. The fourth-order valence-corrected chi connectivity index (χ4v) is 3.50. The Bertz CT molecular complexity index is 708. The Morgan fingerprint density at radius 3 is 2.64 bits per heavy atom. The molecule has 0 spiro atoms. The third kappa shape index (κ3) is 4.10. The zero-order chi connectivity index (χ0) is 18.0. The fraction of sp³-hybridized carbons (Fsp3) is 0.611. The lowest BCUT2D eigenvalue weighted by Gasteiger charge is -2.33. The van der Waals surface area contributed by atoms with Gasteiger partial charge in [-0.15, -0.1) is 0 Å². The van der Waals surface area contributed by atoms with E-state index in [4.69, 9.17) is 4.52 Å². The first-order chi connectivity index (χ1) is 11.9. The summed E-state index contributed by atoms with van der Waals surface area (Å²) in [7, 11) is 3.71. The number of piperidine rings is 1. The van der Waals surface area contributed by atoms with E-state index in [0.717, 1.165) is 50.5 Å². The Morgan fingerprint density at radius 2 is 2.08 bits per heavy atom. The van der Waals surface area contributed by atoms with Gasteiger partial charge in [-0.05, 0) is 45.7 Å². The van der Waals surface area contributed by atoms with Crippen molar-refractivity contribution in [2.24, 2.45) is 13.0 Å². The van der Waals surface area contributed by atoms with Crippen molar-refractivity contribution in [1.29, 1.82) is 0 Å². The normalized spacial score (nSPS) is 16.3. The van der Waals surface area contributed by atoms with Crippen molar-refractivity contribution in [3.8, 4) is 0 Å². The number of hydrogen-bond acceptors (Lipinski definition) is 5. The minimum absolute atomic E-state index is 0.0475. The number of aryl methyl sites for hydroxylation is 3. The Kier molecular flexibility index (Phi) is 5.22. The van der Waals surface area contributed by atoms with E-state index in [9.17, 15) is 4.79 Å². The first kappa shape index (κ1) is 17.7. The number of likely N-dealkylation sites (tertiary alicyclic amines) is 1. The summed E-state index contributed by atoms with van der Waals surface area (Å²) in [4.78, 5) is 16.7. The highest BCUT2D eigenvalue weighted by Crippen LogP contribution is 2.22. The van der Waals surface area contributed by atoms with Crippen LogP contribution in [-0.2, 0) is 13.6 Å². The summed E-state index contributed by atoms with van der Waals surface area (Å²) in [6, 6.07) is 0. The minimum Gasteiger partial charge on any atom is -0.361 e. The zero-order valence-corrected chi connectivity index (χ0v) is 15.5. The number of amides is 1. The van der Waals surface area contributed by atoms with Gasteiger partial charge in [0.2, 0.25) is 0 Å². The van der Waals surface area contributed by atoms with E-state index >= 15 is 0 Å². The van der Waals surface area contributed by atoms with Gasteiger partial charge in [-0.25, -0.2) is 0 Å². The molecule has 25 heavy (non-hydrogen) atoms. The molecule has 0 N–H and O–H groups in total. The molecule has 0 atom stereocenters. The third-order valence-corrected chi connectivity index (χ3v) is 5.10. The largest absolute Gasteiger partial charge is 0.361 e. The molecular weight excluding hydrogens is 318 g/mol. The van der Waals surface area contributed by atoms with Gasteiger partial charge in [-0.1, -0.05) is 5.16 Å². The molecule has 0 aliphatic carbocycles. The van der Waals surface area contributed by atoms with Crippen LogP contribution in [0.2, 0.25) is 0 Å². The van der Waals surface area contributed by atoms with Crippen LogP contribution in [0.4, 0.5) is 0 Å². The van der Waals surface area contributed by atoms with Gasteiger partial charge in [0, 0.05) is 38.9 Å². The summed E-state index contributed by atoms with van der Waals surface area (Å²) in [5, 5.41) is 8.11. The lowest BCUT2D eigenvalue weighted by atomic mass is 9.95. The topological polar surface area (TPSA) is 67.4 Å². The number of nitrogens with zero attached hydrogens (tertiary/aromatic N) is 5. The minimum atomic E-state index is 0.0475. The van der Waals surface area contributed by atoms with Crippen molar-refractivity contribution in [3.05, 3.63) is 35.0 Å².